The highest BCUT2D eigenvalue weighted by atomic mass is 15.1. The Morgan fingerprint density at radius 3 is 2.73 bits per heavy atom. The van der Waals surface area contributed by atoms with Crippen molar-refractivity contribution in [2.24, 2.45) is 0 Å². The second-order valence-corrected chi connectivity index (χ2v) is 6.42. The van der Waals surface area contributed by atoms with Crippen LogP contribution in [0, 0.1) is 0 Å². The number of benzene rings is 1. The van der Waals surface area contributed by atoms with E-state index in [1.165, 1.54) is 53.7 Å². The van der Waals surface area contributed by atoms with Crippen molar-refractivity contribution in [3.05, 3.63) is 48.2 Å². The predicted octanol–water partition coefficient (Wildman–Crippen LogP) is 3.32. The van der Waals surface area contributed by atoms with Crippen LogP contribution >= 0.6 is 0 Å². The average molecular weight is 290 g/mol. The molecule has 0 aliphatic carbocycles. The molecule has 2 bridgehead atoms. The van der Waals surface area contributed by atoms with Gasteiger partial charge in [0.15, 0.2) is 0 Å². The van der Waals surface area contributed by atoms with Crippen LogP contribution < -0.4 is 0 Å². The molecular formula is C18H18N4. The first-order chi connectivity index (χ1) is 10.9. The van der Waals surface area contributed by atoms with Gasteiger partial charge in [-0.25, -0.2) is 9.97 Å². The molecule has 0 atom stereocenters. The van der Waals surface area contributed by atoms with Crippen molar-refractivity contribution in [2.75, 3.05) is 13.1 Å². The van der Waals surface area contributed by atoms with Crippen LogP contribution in [0.3, 0.4) is 0 Å². The van der Waals surface area contributed by atoms with Crippen molar-refractivity contribution in [3.8, 4) is 11.1 Å². The Bertz CT molecular complexity index is 829. The molecule has 0 spiro atoms. The van der Waals surface area contributed by atoms with Crippen molar-refractivity contribution >= 4 is 10.9 Å². The van der Waals surface area contributed by atoms with E-state index in [1.807, 2.05) is 12.4 Å². The zero-order valence-corrected chi connectivity index (χ0v) is 12.4. The molecule has 4 nitrogen and oxygen atoms in total. The predicted molar refractivity (Wildman–Crippen MR) is 86.6 cm³/mol. The normalized spacial score (nSPS) is 23.5. The molecule has 22 heavy (non-hydrogen) atoms. The number of hydrogen-bond acceptors (Lipinski definition) is 3. The van der Waals surface area contributed by atoms with Gasteiger partial charge in [0.2, 0.25) is 0 Å². The molecule has 2 aromatic heterocycles. The summed E-state index contributed by atoms with van der Waals surface area (Å²) in [5.74, 6) is 0.695. The van der Waals surface area contributed by atoms with Crippen LogP contribution in [0.15, 0.2) is 36.9 Å². The van der Waals surface area contributed by atoms with Gasteiger partial charge < -0.3 is 4.98 Å². The molecule has 0 radical (unpaired) electrons. The molecule has 1 N–H and O–H groups in total. The third-order valence-corrected chi connectivity index (χ3v) is 5.22. The standard InChI is InChI=1S/C18H18N4/c1-2-14(13-8-19-11-20-9-13)18-15(3-1)16-10-22-6-4-12(5-7-22)17(16)21-18/h1-3,8-9,11-12,21H,4-7,10H2. The number of aromatic amines is 1. The van der Waals surface area contributed by atoms with E-state index >= 15 is 0 Å². The maximum Gasteiger partial charge on any atom is 0.115 e. The van der Waals surface area contributed by atoms with Gasteiger partial charge in [0.1, 0.15) is 6.33 Å². The Labute approximate surface area is 129 Å². The Balaban J connectivity index is 1.76. The van der Waals surface area contributed by atoms with E-state index in [4.69, 9.17) is 0 Å². The van der Waals surface area contributed by atoms with Crippen LogP contribution in [-0.4, -0.2) is 32.9 Å². The van der Waals surface area contributed by atoms with E-state index in [-0.39, 0.29) is 0 Å². The molecule has 1 saturated heterocycles. The van der Waals surface area contributed by atoms with Gasteiger partial charge in [-0.05, 0) is 31.5 Å². The minimum atomic E-state index is 0.695. The topological polar surface area (TPSA) is 44.8 Å². The van der Waals surface area contributed by atoms with Gasteiger partial charge in [-0.15, -0.1) is 0 Å². The fraction of sp³-hybridized carbons (Fsp3) is 0.333. The SMILES string of the molecule is c1cc(-c2cncnc2)c2[nH]c3c(c2c1)CN1CCC3CC1. The molecule has 3 aliphatic rings. The van der Waals surface area contributed by atoms with Crippen molar-refractivity contribution in [1.82, 2.24) is 19.9 Å². The van der Waals surface area contributed by atoms with Crippen LogP contribution in [0.1, 0.15) is 30.0 Å². The van der Waals surface area contributed by atoms with E-state index in [1.54, 1.807) is 6.33 Å². The maximum atomic E-state index is 4.17. The number of nitrogens with zero attached hydrogens (tertiary/aromatic N) is 3. The molecule has 1 fully saturated rings. The van der Waals surface area contributed by atoms with E-state index in [2.05, 4.69) is 38.1 Å². The first-order valence-corrected chi connectivity index (χ1v) is 8.01. The Hall–Kier alpha value is -2.20. The molecule has 3 aromatic rings. The number of para-hydroxylation sites is 1. The summed E-state index contributed by atoms with van der Waals surface area (Å²) in [6.45, 7) is 3.56. The third-order valence-electron chi connectivity index (χ3n) is 5.22. The molecule has 4 heteroatoms. The molecule has 0 saturated carbocycles. The molecular weight excluding hydrogens is 272 g/mol. The summed E-state index contributed by atoms with van der Waals surface area (Å²) in [5, 5.41) is 1.37. The lowest BCUT2D eigenvalue weighted by atomic mass is 9.94. The molecule has 6 rings (SSSR count). The van der Waals surface area contributed by atoms with Gasteiger partial charge >= 0.3 is 0 Å². The molecule has 3 aliphatic heterocycles. The monoisotopic (exact) mass is 290 g/mol. The third kappa shape index (κ3) is 1.74. The number of piperidine rings is 1. The van der Waals surface area contributed by atoms with Crippen LogP contribution in [0.2, 0.25) is 0 Å². The lowest BCUT2D eigenvalue weighted by Gasteiger charge is -2.26. The summed E-state index contributed by atoms with van der Waals surface area (Å²) in [4.78, 5) is 14.7. The van der Waals surface area contributed by atoms with Crippen molar-refractivity contribution < 1.29 is 0 Å². The molecule has 0 amide bonds. The number of rotatable bonds is 1. The second kappa shape index (κ2) is 4.65. The fourth-order valence-electron chi connectivity index (χ4n) is 4.09. The number of nitrogens with one attached hydrogen (secondary N) is 1. The smallest absolute Gasteiger partial charge is 0.115 e. The van der Waals surface area contributed by atoms with Crippen LogP contribution in [-0.2, 0) is 6.54 Å². The van der Waals surface area contributed by atoms with Crippen LogP contribution in [0.25, 0.3) is 22.0 Å². The highest BCUT2D eigenvalue weighted by molar-refractivity contribution is 5.96. The van der Waals surface area contributed by atoms with Crippen molar-refractivity contribution in [2.45, 2.75) is 25.3 Å². The lowest BCUT2D eigenvalue weighted by molar-refractivity contribution is 0.220. The van der Waals surface area contributed by atoms with Gasteiger partial charge in [-0.1, -0.05) is 18.2 Å². The summed E-state index contributed by atoms with van der Waals surface area (Å²) in [7, 11) is 0. The highest BCUT2D eigenvalue weighted by Gasteiger charge is 2.30. The summed E-state index contributed by atoms with van der Waals surface area (Å²) >= 11 is 0. The quantitative estimate of drug-likeness (QED) is 0.748. The van der Waals surface area contributed by atoms with Gasteiger partial charge in [0, 0.05) is 47.1 Å². The number of H-pyrrole nitrogens is 1. The van der Waals surface area contributed by atoms with E-state index < -0.39 is 0 Å². The van der Waals surface area contributed by atoms with E-state index in [0.717, 1.165) is 12.1 Å². The minimum absolute atomic E-state index is 0.695. The molecule has 0 unspecified atom stereocenters. The first kappa shape index (κ1) is 12.4. The van der Waals surface area contributed by atoms with Crippen LogP contribution in [0.5, 0.6) is 0 Å². The summed E-state index contributed by atoms with van der Waals surface area (Å²) in [6, 6.07) is 6.57. The molecule has 110 valence electrons. The minimum Gasteiger partial charge on any atom is -0.357 e. The largest absolute Gasteiger partial charge is 0.357 e. The van der Waals surface area contributed by atoms with E-state index in [9.17, 15) is 0 Å². The molecule has 1 aromatic carbocycles. The Morgan fingerprint density at radius 1 is 1.09 bits per heavy atom. The lowest BCUT2D eigenvalue weighted by Crippen LogP contribution is -2.28. The first-order valence-electron chi connectivity index (χ1n) is 8.01. The Morgan fingerprint density at radius 2 is 1.91 bits per heavy atom. The van der Waals surface area contributed by atoms with Crippen molar-refractivity contribution in [1.29, 1.82) is 0 Å². The Kier molecular flexibility index (Phi) is 2.61. The highest BCUT2D eigenvalue weighted by Crippen LogP contribution is 2.40. The summed E-state index contributed by atoms with van der Waals surface area (Å²) < 4.78 is 0. The fourth-order valence-corrected chi connectivity index (χ4v) is 4.09. The van der Waals surface area contributed by atoms with Gasteiger partial charge in [0.25, 0.3) is 0 Å². The number of fused-ring (bicyclic) bond motifs is 3. The average Bonchev–Trinajstić information content (AvgIpc) is 2.76. The number of hydrogen-bond donors (Lipinski definition) is 1. The zero-order valence-electron chi connectivity index (χ0n) is 12.4. The molecule has 5 heterocycles. The summed E-state index contributed by atoms with van der Waals surface area (Å²) in [5.41, 5.74) is 6.51. The van der Waals surface area contributed by atoms with Gasteiger partial charge in [-0.3, -0.25) is 4.90 Å². The number of aromatic nitrogens is 3. The van der Waals surface area contributed by atoms with Crippen LogP contribution in [0.4, 0.5) is 0 Å². The van der Waals surface area contributed by atoms with Gasteiger partial charge in [0.05, 0.1) is 5.52 Å². The van der Waals surface area contributed by atoms with Gasteiger partial charge in [-0.2, -0.15) is 0 Å². The maximum absolute atomic E-state index is 4.17. The second-order valence-electron chi connectivity index (χ2n) is 6.42. The van der Waals surface area contributed by atoms with Crippen molar-refractivity contribution in [3.63, 3.8) is 0 Å². The zero-order chi connectivity index (χ0) is 14.5. The summed E-state index contributed by atoms with van der Waals surface area (Å²) in [6.07, 6.45) is 7.93. The van der Waals surface area contributed by atoms with E-state index in [0.29, 0.717) is 5.92 Å².